The molecule has 0 atom stereocenters. The average Bonchev–Trinajstić information content (AvgIpc) is 3.39. The first kappa shape index (κ1) is 18.5. The smallest absolute Gasteiger partial charge is 0.414 e. The monoisotopic (exact) mass is 391 g/mol. The summed E-state index contributed by atoms with van der Waals surface area (Å²) in [5.74, 6) is 0. The number of amides is 3. The van der Waals surface area contributed by atoms with Gasteiger partial charge in [-0.3, -0.25) is 9.58 Å². The van der Waals surface area contributed by atoms with Gasteiger partial charge in [-0.2, -0.15) is 5.10 Å². The van der Waals surface area contributed by atoms with Gasteiger partial charge in [0, 0.05) is 30.3 Å². The lowest BCUT2D eigenvalue weighted by Gasteiger charge is -2.14. The Labute approximate surface area is 168 Å². The molecule has 8 nitrogen and oxygen atoms in total. The molecular formula is C21H21N5O3. The van der Waals surface area contributed by atoms with Crippen molar-refractivity contribution in [1.82, 2.24) is 15.1 Å². The number of nitrogens with zero attached hydrogens (tertiary/aromatic N) is 3. The molecule has 0 aliphatic carbocycles. The second-order valence-electron chi connectivity index (χ2n) is 6.64. The van der Waals surface area contributed by atoms with Gasteiger partial charge in [-0.15, -0.1) is 0 Å². The molecule has 0 spiro atoms. The third-order valence-electron chi connectivity index (χ3n) is 4.56. The van der Waals surface area contributed by atoms with Crippen molar-refractivity contribution >= 4 is 23.5 Å². The van der Waals surface area contributed by atoms with Gasteiger partial charge in [-0.1, -0.05) is 30.3 Å². The van der Waals surface area contributed by atoms with Crippen LogP contribution in [0.25, 0.3) is 0 Å². The maximum atomic E-state index is 12.2. The van der Waals surface area contributed by atoms with Crippen LogP contribution in [0, 0.1) is 0 Å². The molecule has 29 heavy (non-hydrogen) atoms. The number of nitrogens with one attached hydrogen (secondary N) is 2. The Morgan fingerprint density at radius 3 is 2.66 bits per heavy atom. The van der Waals surface area contributed by atoms with E-state index in [1.807, 2.05) is 41.2 Å². The van der Waals surface area contributed by atoms with E-state index < -0.39 is 0 Å². The van der Waals surface area contributed by atoms with Crippen molar-refractivity contribution in [3.63, 3.8) is 0 Å². The van der Waals surface area contributed by atoms with Crippen molar-refractivity contribution < 1.29 is 14.3 Å². The molecule has 148 valence electrons. The molecule has 4 rings (SSSR count). The zero-order chi connectivity index (χ0) is 20.1. The molecule has 1 aliphatic heterocycles. The van der Waals surface area contributed by atoms with Gasteiger partial charge in [0.25, 0.3) is 0 Å². The van der Waals surface area contributed by atoms with E-state index in [0.717, 1.165) is 11.1 Å². The summed E-state index contributed by atoms with van der Waals surface area (Å²) in [4.78, 5) is 25.4. The van der Waals surface area contributed by atoms with Gasteiger partial charge in [0.05, 0.1) is 13.1 Å². The standard InChI is InChI=1S/C21H21N5O3/c27-20(24-18-3-1-4-19(13-18)26-11-12-29-21(26)28)22-14-16-5-7-17(8-6-16)15-25-10-2-9-23-25/h1-10,13H,11-12,14-15H2,(H2,22,24,27). The van der Waals surface area contributed by atoms with Gasteiger partial charge < -0.3 is 15.4 Å². The zero-order valence-electron chi connectivity index (χ0n) is 15.7. The second kappa shape index (κ2) is 8.47. The first-order valence-electron chi connectivity index (χ1n) is 9.32. The van der Waals surface area contributed by atoms with Crippen molar-refractivity contribution in [1.29, 1.82) is 0 Å². The molecule has 3 aromatic rings. The Morgan fingerprint density at radius 1 is 1.10 bits per heavy atom. The van der Waals surface area contributed by atoms with E-state index in [1.54, 1.807) is 30.5 Å². The molecule has 0 radical (unpaired) electrons. The van der Waals surface area contributed by atoms with Crippen LogP contribution in [-0.2, 0) is 17.8 Å². The zero-order valence-corrected chi connectivity index (χ0v) is 15.7. The van der Waals surface area contributed by atoms with Crippen molar-refractivity contribution in [2.45, 2.75) is 13.1 Å². The minimum absolute atomic E-state index is 0.313. The highest BCUT2D eigenvalue weighted by molar-refractivity contribution is 5.93. The minimum atomic E-state index is -0.373. The maximum Gasteiger partial charge on any atom is 0.414 e. The van der Waals surface area contributed by atoms with Crippen LogP contribution in [0.3, 0.4) is 0 Å². The van der Waals surface area contributed by atoms with Crippen molar-refractivity contribution in [3.8, 4) is 0 Å². The number of rotatable bonds is 6. The molecule has 0 saturated carbocycles. The number of hydrogen-bond donors (Lipinski definition) is 2. The summed E-state index contributed by atoms with van der Waals surface area (Å²) in [6.45, 7) is 2.00. The predicted molar refractivity (Wildman–Crippen MR) is 109 cm³/mol. The molecule has 3 amide bonds. The Bertz CT molecular complexity index is 986. The average molecular weight is 391 g/mol. The van der Waals surface area contributed by atoms with E-state index in [9.17, 15) is 9.59 Å². The quantitative estimate of drug-likeness (QED) is 0.675. The lowest BCUT2D eigenvalue weighted by atomic mass is 10.1. The lowest BCUT2D eigenvalue weighted by Crippen LogP contribution is -2.28. The molecular weight excluding hydrogens is 370 g/mol. The van der Waals surface area contributed by atoms with Gasteiger partial charge in [0.2, 0.25) is 0 Å². The van der Waals surface area contributed by atoms with Crippen LogP contribution in [0.15, 0.2) is 67.0 Å². The van der Waals surface area contributed by atoms with Crippen molar-refractivity contribution in [2.75, 3.05) is 23.4 Å². The van der Waals surface area contributed by atoms with Crippen LogP contribution < -0.4 is 15.5 Å². The van der Waals surface area contributed by atoms with E-state index in [1.165, 1.54) is 4.90 Å². The third kappa shape index (κ3) is 4.73. The maximum absolute atomic E-state index is 12.2. The summed E-state index contributed by atoms with van der Waals surface area (Å²) >= 11 is 0. The SMILES string of the molecule is O=C(NCc1ccc(Cn2cccn2)cc1)Nc1cccc(N2CCOC2=O)c1. The van der Waals surface area contributed by atoms with E-state index in [2.05, 4.69) is 15.7 Å². The minimum Gasteiger partial charge on any atom is -0.447 e. The fraction of sp³-hybridized carbons (Fsp3) is 0.190. The highest BCUT2D eigenvalue weighted by atomic mass is 16.6. The van der Waals surface area contributed by atoms with Gasteiger partial charge >= 0.3 is 12.1 Å². The molecule has 2 aromatic carbocycles. The predicted octanol–water partition coefficient (Wildman–Crippen LogP) is 3.21. The number of urea groups is 1. The van der Waals surface area contributed by atoms with Crippen LogP contribution in [-0.4, -0.2) is 35.1 Å². The molecule has 0 unspecified atom stereocenters. The number of hydrogen-bond acceptors (Lipinski definition) is 4. The fourth-order valence-electron chi connectivity index (χ4n) is 3.08. The summed E-state index contributed by atoms with van der Waals surface area (Å²) in [7, 11) is 0. The number of benzene rings is 2. The number of carbonyl (C=O) groups is 2. The van der Waals surface area contributed by atoms with Crippen LogP contribution in [0.1, 0.15) is 11.1 Å². The molecule has 1 saturated heterocycles. The van der Waals surface area contributed by atoms with E-state index >= 15 is 0 Å². The molecule has 2 heterocycles. The number of anilines is 2. The largest absolute Gasteiger partial charge is 0.447 e. The van der Waals surface area contributed by atoms with E-state index in [-0.39, 0.29) is 12.1 Å². The second-order valence-corrected chi connectivity index (χ2v) is 6.64. The number of carbonyl (C=O) groups excluding carboxylic acids is 2. The van der Waals surface area contributed by atoms with Crippen molar-refractivity contribution in [3.05, 3.63) is 78.1 Å². The third-order valence-corrected chi connectivity index (χ3v) is 4.56. The Balaban J connectivity index is 1.29. The van der Waals surface area contributed by atoms with E-state index in [4.69, 9.17) is 4.74 Å². The highest BCUT2D eigenvalue weighted by Crippen LogP contribution is 2.22. The van der Waals surface area contributed by atoms with Crippen LogP contribution in [0.4, 0.5) is 21.0 Å². The Hall–Kier alpha value is -3.81. The van der Waals surface area contributed by atoms with Gasteiger partial charge in [0.15, 0.2) is 0 Å². The van der Waals surface area contributed by atoms with E-state index in [0.29, 0.717) is 37.6 Å². The summed E-state index contributed by atoms with van der Waals surface area (Å²) in [6, 6.07) is 16.7. The topological polar surface area (TPSA) is 88.5 Å². The van der Waals surface area contributed by atoms with Gasteiger partial charge in [-0.05, 0) is 35.4 Å². The molecule has 8 heteroatoms. The summed E-state index contributed by atoms with van der Waals surface area (Å²) < 4.78 is 6.81. The first-order chi connectivity index (χ1) is 14.2. The number of aromatic nitrogens is 2. The summed E-state index contributed by atoms with van der Waals surface area (Å²) in [6.07, 6.45) is 3.30. The molecule has 1 fully saturated rings. The summed E-state index contributed by atoms with van der Waals surface area (Å²) in [5, 5.41) is 9.82. The summed E-state index contributed by atoms with van der Waals surface area (Å²) in [5.41, 5.74) is 3.43. The Kier molecular flexibility index (Phi) is 5.42. The first-order valence-corrected chi connectivity index (χ1v) is 9.32. The number of ether oxygens (including phenoxy) is 1. The number of cyclic esters (lactones) is 1. The normalized spacial score (nSPS) is 13.2. The molecule has 1 aromatic heterocycles. The molecule has 2 N–H and O–H groups in total. The van der Waals surface area contributed by atoms with Crippen LogP contribution in [0.5, 0.6) is 0 Å². The lowest BCUT2D eigenvalue weighted by molar-refractivity contribution is 0.181. The molecule has 1 aliphatic rings. The van der Waals surface area contributed by atoms with Crippen molar-refractivity contribution in [2.24, 2.45) is 0 Å². The highest BCUT2D eigenvalue weighted by Gasteiger charge is 2.23. The fourth-order valence-corrected chi connectivity index (χ4v) is 3.08. The van der Waals surface area contributed by atoms with Gasteiger partial charge in [-0.25, -0.2) is 9.59 Å². The Morgan fingerprint density at radius 2 is 1.93 bits per heavy atom. The van der Waals surface area contributed by atoms with Gasteiger partial charge in [0.1, 0.15) is 6.61 Å². The van der Waals surface area contributed by atoms with Crippen LogP contribution >= 0.6 is 0 Å². The van der Waals surface area contributed by atoms with Crippen LogP contribution in [0.2, 0.25) is 0 Å². The molecule has 0 bridgehead atoms.